The molecule has 0 aliphatic heterocycles. The highest BCUT2D eigenvalue weighted by Gasteiger charge is 2.42. The number of benzene rings is 2. The van der Waals surface area contributed by atoms with E-state index in [0.717, 1.165) is 12.1 Å². The minimum Gasteiger partial charge on any atom is -0.327 e. The Morgan fingerprint density at radius 1 is 0.750 bits per heavy atom. The van der Waals surface area contributed by atoms with Crippen LogP contribution in [0.5, 0.6) is 0 Å². The quantitative estimate of drug-likeness (QED) is 0.850. The molecule has 106 valence electrons. The van der Waals surface area contributed by atoms with Crippen LogP contribution in [0, 0.1) is 0 Å². The second-order valence-corrected chi connectivity index (χ2v) is 4.41. The molecule has 1 nitrogen and oxygen atoms in total. The molecule has 2 N–H and O–H groups in total. The second-order valence-electron chi connectivity index (χ2n) is 4.41. The highest BCUT2D eigenvalue weighted by molar-refractivity contribution is 5.42. The van der Waals surface area contributed by atoms with Gasteiger partial charge in [-0.15, -0.1) is 0 Å². The van der Waals surface area contributed by atoms with E-state index >= 15 is 4.39 Å². The van der Waals surface area contributed by atoms with E-state index in [-0.39, 0.29) is 5.56 Å². The van der Waals surface area contributed by atoms with Gasteiger partial charge in [-0.3, -0.25) is 0 Å². The van der Waals surface area contributed by atoms with Gasteiger partial charge in [0.2, 0.25) is 0 Å². The minimum absolute atomic E-state index is 0.110. The molecule has 2 rings (SSSR count). The number of hydrogen-bond donors (Lipinski definition) is 1. The first kappa shape index (κ1) is 14.5. The van der Waals surface area contributed by atoms with E-state index in [0.29, 0.717) is 0 Å². The van der Waals surface area contributed by atoms with Gasteiger partial charge in [0.15, 0.2) is 5.67 Å². The molecule has 0 fully saturated rings. The Morgan fingerprint density at radius 2 is 1.25 bits per heavy atom. The predicted octanol–water partition coefficient (Wildman–Crippen LogP) is 3.88. The van der Waals surface area contributed by atoms with Crippen LogP contribution in [0.25, 0.3) is 0 Å². The van der Waals surface area contributed by atoms with E-state index in [1.165, 1.54) is 24.3 Å². The fraction of sp³-hybridized carbons (Fsp3) is 0.200. The zero-order valence-electron chi connectivity index (χ0n) is 10.5. The summed E-state index contributed by atoms with van der Waals surface area (Å²) in [5, 5.41) is 0. The van der Waals surface area contributed by atoms with Crippen LogP contribution >= 0.6 is 0 Å². The molecule has 1 unspecified atom stereocenters. The van der Waals surface area contributed by atoms with Crippen molar-refractivity contribution in [3.8, 4) is 0 Å². The monoisotopic (exact) mass is 283 g/mol. The molecule has 0 aliphatic carbocycles. The van der Waals surface area contributed by atoms with Gasteiger partial charge in [-0.05, 0) is 11.6 Å². The van der Waals surface area contributed by atoms with E-state index in [1.807, 2.05) is 0 Å². The van der Waals surface area contributed by atoms with E-state index < -0.39 is 29.5 Å². The zero-order chi connectivity index (χ0) is 14.8. The standard InChI is InChI=1S/C15H13F4N/c16-14(10-20,11-6-2-1-3-7-11)12-8-4-5-9-13(12)15(17,18)19/h1-9H,10,20H2. The first-order valence-electron chi connectivity index (χ1n) is 6.01. The molecule has 0 radical (unpaired) electrons. The maximum absolute atomic E-state index is 15.2. The molecule has 2 aromatic carbocycles. The fourth-order valence-electron chi connectivity index (χ4n) is 2.16. The molecule has 0 spiro atoms. The number of halogens is 4. The molecule has 20 heavy (non-hydrogen) atoms. The van der Waals surface area contributed by atoms with Crippen molar-refractivity contribution < 1.29 is 17.6 Å². The summed E-state index contributed by atoms with van der Waals surface area (Å²) in [6.07, 6.45) is -4.63. The van der Waals surface area contributed by atoms with Gasteiger partial charge >= 0.3 is 6.18 Å². The van der Waals surface area contributed by atoms with Crippen molar-refractivity contribution in [3.05, 3.63) is 71.3 Å². The van der Waals surface area contributed by atoms with E-state index in [9.17, 15) is 13.2 Å². The first-order valence-corrected chi connectivity index (χ1v) is 6.01. The lowest BCUT2D eigenvalue weighted by atomic mass is 9.85. The number of alkyl halides is 4. The highest BCUT2D eigenvalue weighted by Crippen LogP contribution is 2.41. The maximum atomic E-state index is 15.2. The van der Waals surface area contributed by atoms with Crippen molar-refractivity contribution in [3.63, 3.8) is 0 Å². The topological polar surface area (TPSA) is 26.0 Å². The van der Waals surface area contributed by atoms with Crippen molar-refractivity contribution in [1.82, 2.24) is 0 Å². The van der Waals surface area contributed by atoms with Crippen molar-refractivity contribution in [1.29, 1.82) is 0 Å². The molecule has 0 saturated heterocycles. The molecule has 0 saturated carbocycles. The van der Waals surface area contributed by atoms with Crippen molar-refractivity contribution >= 4 is 0 Å². The van der Waals surface area contributed by atoms with Crippen molar-refractivity contribution in [2.24, 2.45) is 5.73 Å². The summed E-state index contributed by atoms with van der Waals surface area (Å²) in [4.78, 5) is 0. The molecule has 5 heteroatoms. The van der Waals surface area contributed by atoms with Gasteiger partial charge in [0, 0.05) is 12.1 Å². The Labute approximate surface area is 114 Å². The van der Waals surface area contributed by atoms with Crippen LogP contribution in [-0.4, -0.2) is 6.54 Å². The zero-order valence-corrected chi connectivity index (χ0v) is 10.5. The van der Waals surface area contributed by atoms with Crippen LogP contribution in [0.3, 0.4) is 0 Å². The average Bonchev–Trinajstić information content (AvgIpc) is 2.46. The number of rotatable bonds is 3. The molecule has 0 bridgehead atoms. The molecule has 1 atom stereocenters. The fourth-order valence-corrected chi connectivity index (χ4v) is 2.16. The number of nitrogens with two attached hydrogens (primary N) is 1. The van der Waals surface area contributed by atoms with E-state index in [2.05, 4.69) is 0 Å². The van der Waals surface area contributed by atoms with Crippen LogP contribution in [0.15, 0.2) is 54.6 Å². The summed E-state index contributed by atoms with van der Waals surface area (Å²) < 4.78 is 54.2. The third-order valence-electron chi connectivity index (χ3n) is 3.17. The van der Waals surface area contributed by atoms with Crippen LogP contribution in [0.1, 0.15) is 16.7 Å². The molecular formula is C15H13F4N. The molecule has 0 heterocycles. The van der Waals surface area contributed by atoms with Gasteiger partial charge in [0.1, 0.15) is 0 Å². The Hall–Kier alpha value is -1.88. The van der Waals surface area contributed by atoms with Gasteiger partial charge in [-0.1, -0.05) is 48.5 Å². The molecule has 0 aromatic heterocycles. The van der Waals surface area contributed by atoms with Crippen molar-refractivity contribution in [2.75, 3.05) is 6.54 Å². The normalized spacial score (nSPS) is 14.8. The van der Waals surface area contributed by atoms with Gasteiger partial charge in [-0.25, -0.2) is 4.39 Å². The number of hydrogen-bond acceptors (Lipinski definition) is 1. The van der Waals surface area contributed by atoms with Gasteiger partial charge in [0.25, 0.3) is 0 Å². The summed E-state index contributed by atoms with van der Waals surface area (Å²) in [7, 11) is 0. The van der Waals surface area contributed by atoms with Crippen molar-refractivity contribution in [2.45, 2.75) is 11.8 Å². The third-order valence-corrected chi connectivity index (χ3v) is 3.17. The molecule has 0 aliphatic rings. The van der Waals surface area contributed by atoms with E-state index in [1.54, 1.807) is 18.2 Å². The summed E-state index contributed by atoms with van der Waals surface area (Å²) in [6, 6.07) is 12.2. The van der Waals surface area contributed by atoms with Crippen LogP contribution in [-0.2, 0) is 11.8 Å². The third kappa shape index (κ3) is 2.54. The predicted molar refractivity (Wildman–Crippen MR) is 68.8 cm³/mol. The smallest absolute Gasteiger partial charge is 0.327 e. The first-order chi connectivity index (χ1) is 9.39. The molecular weight excluding hydrogens is 270 g/mol. The lowest BCUT2D eigenvalue weighted by Gasteiger charge is -2.27. The summed E-state index contributed by atoms with van der Waals surface area (Å²) in [6.45, 7) is -0.565. The van der Waals surface area contributed by atoms with Crippen LogP contribution in [0.4, 0.5) is 17.6 Å². The second kappa shape index (κ2) is 5.25. The Morgan fingerprint density at radius 3 is 1.75 bits per heavy atom. The molecule has 2 aromatic rings. The van der Waals surface area contributed by atoms with Gasteiger partial charge < -0.3 is 5.73 Å². The Kier molecular flexibility index (Phi) is 3.81. The summed E-state index contributed by atoms with van der Waals surface area (Å²) in [5.74, 6) is 0. The Balaban J connectivity index is 2.64. The Bertz CT molecular complexity index is 580. The van der Waals surface area contributed by atoms with Gasteiger partial charge in [-0.2, -0.15) is 13.2 Å². The largest absolute Gasteiger partial charge is 0.416 e. The molecule has 0 amide bonds. The lowest BCUT2D eigenvalue weighted by molar-refractivity contribution is -0.139. The lowest BCUT2D eigenvalue weighted by Crippen LogP contribution is -2.34. The highest BCUT2D eigenvalue weighted by atomic mass is 19.4. The SMILES string of the molecule is NCC(F)(c1ccccc1)c1ccccc1C(F)(F)F. The van der Waals surface area contributed by atoms with Crippen LogP contribution < -0.4 is 5.73 Å². The maximum Gasteiger partial charge on any atom is 0.416 e. The van der Waals surface area contributed by atoms with E-state index in [4.69, 9.17) is 5.73 Å². The van der Waals surface area contributed by atoms with Crippen LogP contribution in [0.2, 0.25) is 0 Å². The van der Waals surface area contributed by atoms with Gasteiger partial charge in [0.05, 0.1) is 5.56 Å². The average molecular weight is 283 g/mol. The summed E-state index contributed by atoms with van der Waals surface area (Å²) >= 11 is 0. The summed E-state index contributed by atoms with van der Waals surface area (Å²) in [5.41, 5.74) is 1.72. The minimum atomic E-state index is -4.63.